The van der Waals surface area contributed by atoms with Crippen molar-refractivity contribution in [2.45, 2.75) is 6.92 Å². The topological polar surface area (TPSA) is 55.1 Å². The van der Waals surface area contributed by atoms with Gasteiger partial charge < -0.3 is 11.1 Å². The van der Waals surface area contributed by atoms with Crippen LogP contribution in [0.5, 0.6) is 0 Å². The fourth-order valence-electron chi connectivity index (χ4n) is 1.69. The summed E-state index contributed by atoms with van der Waals surface area (Å²) in [6, 6.07) is 10.5. The monoisotopic (exact) mass is 338 g/mol. The number of aryl methyl sites for hydroxylation is 1. The van der Waals surface area contributed by atoms with Gasteiger partial charge in [-0.2, -0.15) is 0 Å². The van der Waals surface area contributed by atoms with E-state index in [0.29, 0.717) is 26.4 Å². The Kier molecular flexibility index (Phi) is 4.12. The number of hydrogen-bond donors (Lipinski definition) is 2. The van der Waals surface area contributed by atoms with Crippen LogP contribution in [-0.2, 0) is 0 Å². The summed E-state index contributed by atoms with van der Waals surface area (Å²) in [7, 11) is 0. The summed E-state index contributed by atoms with van der Waals surface area (Å²) >= 11 is 9.18. The first-order valence-electron chi connectivity index (χ1n) is 5.60. The number of carbonyl (C=O) groups is 1. The highest BCUT2D eigenvalue weighted by Crippen LogP contribution is 2.25. The lowest BCUT2D eigenvalue weighted by Crippen LogP contribution is -2.14. The van der Waals surface area contributed by atoms with E-state index >= 15 is 0 Å². The fourth-order valence-corrected chi connectivity index (χ4v) is 2.28. The molecule has 2 rings (SSSR count). The maximum Gasteiger partial charge on any atom is 0.257 e. The molecule has 0 atom stereocenters. The predicted molar refractivity (Wildman–Crippen MR) is 82.7 cm³/mol. The van der Waals surface area contributed by atoms with Crippen molar-refractivity contribution in [3.8, 4) is 0 Å². The quantitative estimate of drug-likeness (QED) is 0.804. The molecule has 0 radical (unpaired) electrons. The van der Waals surface area contributed by atoms with Gasteiger partial charge >= 0.3 is 0 Å². The third kappa shape index (κ3) is 3.08. The second-order valence-electron chi connectivity index (χ2n) is 4.11. The van der Waals surface area contributed by atoms with E-state index in [1.54, 1.807) is 36.4 Å². The zero-order chi connectivity index (χ0) is 14.0. The third-order valence-corrected chi connectivity index (χ3v) is 3.66. The number of nitrogen functional groups attached to an aromatic ring is 1. The maximum atomic E-state index is 12.2. The van der Waals surface area contributed by atoms with Crippen LogP contribution in [0.1, 0.15) is 15.9 Å². The molecule has 0 saturated carbocycles. The zero-order valence-electron chi connectivity index (χ0n) is 10.2. The van der Waals surface area contributed by atoms with Crippen molar-refractivity contribution in [1.29, 1.82) is 0 Å². The Morgan fingerprint density at radius 3 is 2.74 bits per heavy atom. The van der Waals surface area contributed by atoms with Crippen molar-refractivity contribution in [3.63, 3.8) is 0 Å². The van der Waals surface area contributed by atoms with Crippen molar-refractivity contribution >= 4 is 44.8 Å². The molecule has 0 aliphatic carbocycles. The number of rotatable bonds is 2. The van der Waals surface area contributed by atoms with E-state index in [9.17, 15) is 4.79 Å². The van der Waals surface area contributed by atoms with Crippen LogP contribution in [0.3, 0.4) is 0 Å². The number of amides is 1. The fraction of sp³-hybridized carbons (Fsp3) is 0.0714. The van der Waals surface area contributed by atoms with Crippen LogP contribution < -0.4 is 11.1 Å². The highest BCUT2D eigenvalue weighted by atomic mass is 79.9. The van der Waals surface area contributed by atoms with E-state index in [1.165, 1.54) is 0 Å². The highest BCUT2D eigenvalue weighted by Gasteiger charge is 2.12. The Balaban J connectivity index is 2.28. The lowest BCUT2D eigenvalue weighted by Gasteiger charge is -2.10. The van der Waals surface area contributed by atoms with Crippen LogP contribution in [0.2, 0.25) is 5.02 Å². The number of halogens is 2. The first kappa shape index (κ1) is 13.9. The molecule has 0 bridgehead atoms. The molecule has 19 heavy (non-hydrogen) atoms. The summed E-state index contributed by atoms with van der Waals surface area (Å²) in [5.74, 6) is -0.246. The van der Waals surface area contributed by atoms with Crippen LogP contribution >= 0.6 is 27.5 Å². The van der Waals surface area contributed by atoms with Gasteiger partial charge in [-0.25, -0.2) is 0 Å². The summed E-state index contributed by atoms with van der Waals surface area (Å²) in [5, 5.41) is 3.46. The first-order valence-corrected chi connectivity index (χ1v) is 6.77. The molecule has 0 aliphatic rings. The van der Waals surface area contributed by atoms with E-state index in [-0.39, 0.29) is 5.91 Å². The molecule has 0 aliphatic heterocycles. The molecule has 0 unspecified atom stereocenters. The number of benzene rings is 2. The molecule has 0 fully saturated rings. The van der Waals surface area contributed by atoms with Gasteiger partial charge in [-0.15, -0.1) is 0 Å². The van der Waals surface area contributed by atoms with Gasteiger partial charge in [0.05, 0.1) is 11.3 Å². The second-order valence-corrected chi connectivity index (χ2v) is 5.41. The average Bonchev–Trinajstić information content (AvgIpc) is 2.36. The van der Waals surface area contributed by atoms with Gasteiger partial charge in [-0.3, -0.25) is 4.79 Å². The van der Waals surface area contributed by atoms with Gasteiger partial charge in [0, 0.05) is 15.2 Å². The SMILES string of the molecule is Cc1cc(Cl)ccc1NC(=O)c1cccc(Br)c1N. The number of anilines is 2. The summed E-state index contributed by atoms with van der Waals surface area (Å²) in [5.41, 5.74) is 8.34. The predicted octanol–water partition coefficient (Wildman–Crippen LogP) is 4.25. The number of nitrogens with one attached hydrogen (secondary N) is 1. The van der Waals surface area contributed by atoms with Crippen LogP contribution in [-0.4, -0.2) is 5.91 Å². The minimum Gasteiger partial charge on any atom is -0.397 e. The van der Waals surface area contributed by atoms with E-state index in [0.717, 1.165) is 5.56 Å². The Morgan fingerprint density at radius 1 is 1.32 bits per heavy atom. The number of nitrogens with two attached hydrogens (primary N) is 1. The molecule has 2 aromatic carbocycles. The normalized spacial score (nSPS) is 10.3. The standard InChI is InChI=1S/C14H12BrClN2O/c1-8-7-9(16)5-6-12(8)18-14(19)10-3-2-4-11(15)13(10)17/h2-7H,17H2,1H3,(H,18,19). The highest BCUT2D eigenvalue weighted by molar-refractivity contribution is 9.10. The van der Waals surface area contributed by atoms with Gasteiger partial charge in [0.2, 0.25) is 0 Å². The third-order valence-electron chi connectivity index (χ3n) is 2.73. The second kappa shape index (κ2) is 5.63. The summed E-state index contributed by atoms with van der Waals surface area (Å²) in [6.07, 6.45) is 0. The first-order chi connectivity index (χ1) is 8.99. The molecular weight excluding hydrogens is 328 g/mol. The van der Waals surface area contributed by atoms with Crippen LogP contribution in [0.4, 0.5) is 11.4 Å². The van der Waals surface area contributed by atoms with Crippen LogP contribution in [0, 0.1) is 6.92 Å². The summed E-state index contributed by atoms with van der Waals surface area (Å²) in [6.45, 7) is 1.88. The minimum absolute atomic E-state index is 0.246. The van der Waals surface area contributed by atoms with Crippen LogP contribution in [0.25, 0.3) is 0 Å². The largest absolute Gasteiger partial charge is 0.397 e. The van der Waals surface area contributed by atoms with Gasteiger partial charge in [-0.05, 0) is 58.7 Å². The zero-order valence-corrected chi connectivity index (χ0v) is 12.5. The Labute approximate surface area is 124 Å². The number of carbonyl (C=O) groups excluding carboxylic acids is 1. The van der Waals surface area contributed by atoms with Gasteiger partial charge in [0.1, 0.15) is 0 Å². The number of hydrogen-bond acceptors (Lipinski definition) is 2. The molecule has 0 aromatic heterocycles. The molecule has 98 valence electrons. The van der Waals surface area contributed by atoms with Crippen molar-refractivity contribution in [2.75, 3.05) is 11.1 Å². The van der Waals surface area contributed by atoms with Crippen molar-refractivity contribution in [2.24, 2.45) is 0 Å². The lowest BCUT2D eigenvalue weighted by molar-refractivity contribution is 0.102. The smallest absolute Gasteiger partial charge is 0.257 e. The van der Waals surface area contributed by atoms with Crippen LogP contribution in [0.15, 0.2) is 40.9 Å². The Bertz CT molecular complexity index is 643. The molecular formula is C14H12BrClN2O. The Hall–Kier alpha value is -1.52. The molecule has 0 saturated heterocycles. The van der Waals surface area contributed by atoms with Crippen molar-refractivity contribution in [1.82, 2.24) is 0 Å². The average molecular weight is 340 g/mol. The molecule has 3 nitrogen and oxygen atoms in total. The van der Waals surface area contributed by atoms with Crippen molar-refractivity contribution in [3.05, 3.63) is 57.0 Å². The van der Waals surface area contributed by atoms with Crippen molar-refractivity contribution < 1.29 is 4.79 Å². The molecule has 2 aromatic rings. The number of para-hydroxylation sites is 1. The van der Waals surface area contributed by atoms with E-state index in [1.807, 2.05) is 6.92 Å². The summed E-state index contributed by atoms with van der Waals surface area (Å²) in [4.78, 5) is 12.2. The molecule has 1 amide bonds. The molecule has 0 heterocycles. The summed E-state index contributed by atoms with van der Waals surface area (Å²) < 4.78 is 0.702. The Morgan fingerprint density at radius 2 is 2.05 bits per heavy atom. The lowest BCUT2D eigenvalue weighted by atomic mass is 10.1. The van der Waals surface area contributed by atoms with Gasteiger partial charge in [-0.1, -0.05) is 17.7 Å². The van der Waals surface area contributed by atoms with E-state index in [4.69, 9.17) is 17.3 Å². The molecule has 5 heteroatoms. The molecule has 3 N–H and O–H groups in total. The molecule has 0 spiro atoms. The minimum atomic E-state index is -0.246. The van der Waals surface area contributed by atoms with E-state index < -0.39 is 0 Å². The van der Waals surface area contributed by atoms with E-state index in [2.05, 4.69) is 21.2 Å². The van der Waals surface area contributed by atoms with Gasteiger partial charge in [0.15, 0.2) is 0 Å². The maximum absolute atomic E-state index is 12.2. The van der Waals surface area contributed by atoms with Gasteiger partial charge in [0.25, 0.3) is 5.91 Å².